The molecule has 0 aliphatic rings. The molecular formula is C8H7O3RbS. The van der Waals surface area contributed by atoms with E-state index in [4.69, 9.17) is 0 Å². The zero-order valence-electron chi connectivity index (χ0n) is 7.23. The fourth-order valence-electron chi connectivity index (χ4n) is 0.771. The third kappa shape index (κ3) is 4.14. The zero-order valence-corrected chi connectivity index (χ0v) is 13.0. The second-order valence-corrected chi connectivity index (χ2v) is 3.61. The molecule has 0 saturated heterocycles. The van der Waals surface area contributed by atoms with Crippen LogP contribution >= 0.6 is 0 Å². The topological polar surface area (TPSA) is 57.2 Å². The van der Waals surface area contributed by atoms with E-state index in [9.17, 15) is 13.0 Å². The Morgan fingerprint density at radius 1 is 1.23 bits per heavy atom. The van der Waals surface area contributed by atoms with Crippen molar-refractivity contribution in [1.82, 2.24) is 0 Å². The summed E-state index contributed by atoms with van der Waals surface area (Å²) in [7, 11) is -4.31. The second-order valence-electron chi connectivity index (χ2n) is 2.23. The summed E-state index contributed by atoms with van der Waals surface area (Å²) in [5.41, 5.74) is 0.780. The molecule has 0 spiro atoms. The molecule has 0 aliphatic carbocycles. The minimum atomic E-state index is -4.31. The van der Waals surface area contributed by atoms with E-state index in [1.165, 1.54) is 24.3 Å². The quantitative estimate of drug-likeness (QED) is 0.597. The van der Waals surface area contributed by atoms with Crippen molar-refractivity contribution in [2.45, 2.75) is 4.90 Å². The van der Waals surface area contributed by atoms with Gasteiger partial charge in [-0.25, -0.2) is 8.42 Å². The maximum Gasteiger partial charge on any atom is 1.00 e. The summed E-state index contributed by atoms with van der Waals surface area (Å²) in [6.07, 6.45) is 1.57. The Labute approximate surface area is 126 Å². The van der Waals surface area contributed by atoms with Crippen molar-refractivity contribution in [2.75, 3.05) is 0 Å². The molecule has 0 fully saturated rings. The summed E-state index contributed by atoms with van der Waals surface area (Å²) in [5, 5.41) is 0. The van der Waals surface area contributed by atoms with Crippen molar-refractivity contribution in [3.05, 3.63) is 36.4 Å². The Bertz CT molecular complexity index is 380. The van der Waals surface area contributed by atoms with Gasteiger partial charge in [-0.2, -0.15) is 0 Å². The van der Waals surface area contributed by atoms with Crippen molar-refractivity contribution < 1.29 is 71.2 Å². The fraction of sp³-hybridized carbons (Fsp3) is 0. The van der Waals surface area contributed by atoms with Gasteiger partial charge in [0.05, 0.1) is 4.90 Å². The molecule has 5 heteroatoms. The number of hydrogen-bond acceptors (Lipinski definition) is 3. The molecule has 13 heavy (non-hydrogen) atoms. The predicted octanol–water partition coefficient (Wildman–Crippen LogP) is -1.76. The molecule has 0 saturated carbocycles. The normalized spacial score (nSPS) is 10.2. The van der Waals surface area contributed by atoms with Gasteiger partial charge in [0.1, 0.15) is 10.1 Å². The molecule has 1 rings (SSSR count). The molecule has 0 aliphatic heterocycles. The van der Waals surface area contributed by atoms with Crippen LogP contribution in [0.2, 0.25) is 0 Å². The monoisotopic (exact) mass is 268 g/mol. The summed E-state index contributed by atoms with van der Waals surface area (Å²) in [4.78, 5) is -0.215. The van der Waals surface area contributed by atoms with Gasteiger partial charge in [-0.1, -0.05) is 24.8 Å². The minimum absolute atomic E-state index is 0. The molecule has 64 valence electrons. The first-order valence-electron chi connectivity index (χ1n) is 3.22. The van der Waals surface area contributed by atoms with Crippen molar-refractivity contribution >= 4 is 16.2 Å². The van der Waals surface area contributed by atoms with E-state index < -0.39 is 10.1 Å². The van der Waals surface area contributed by atoms with Crippen LogP contribution in [-0.2, 0) is 10.1 Å². The molecular weight excluding hydrogens is 262 g/mol. The molecule has 0 unspecified atom stereocenters. The first-order chi connectivity index (χ1) is 5.54. The number of hydrogen-bond donors (Lipinski definition) is 0. The van der Waals surface area contributed by atoms with E-state index in [2.05, 4.69) is 6.58 Å². The van der Waals surface area contributed by atoms with Crippen LogP contribution in [0.5, 0.6) is 0 Å². The number of benzene rings is 1. The van der Waals surface area contributed by atoms with E-state index in [1.54, 1.807) is 6.08 Å². The van der Waals surface area contributed by atoms with Crippen molar-refractivity contribution in [3.8, 4) is 0 Å². The van der Waals surface area contributed by atoms with Crippen LogP contribution in [0.3, 0.4) is 0 Å². The second kappa shape index (κ2) is 5.53. The van der Waals surface area contributed by atoms with Gasteiger partial charge >= 0.3 is 58.2 Å². The summed E-state index contributed by atoms with van der Waals surface area (Å²) in [5.74, 6) is 0. The predicted molar refractivity (Wildman–Crippen MR) is 44.5 cm³/mol. The van der Waals surface area contributed by atoms with Gasteiger partial charge in [-0.3, -0.25) is 0 Å². The van der Waals surface area contributed by atoms with Crippen LogP contribution in [0, 0.1) is 0 Å². The van der Waals surface area contributed by atoms with Crippen molar-refractivity contribution in [2.24, 2.45) is 0 Å². The van der Waals surface area contributed by atoms with E-state index in [-0.39, 0.29) is 63.1 Å². The molecule has 0 radical (unpaired) electrons. The van der Waals surface area contributed by atoms with E-state index in [0.29, 0.717) is 0 Å². The molecule has 0 heterocycles. The summed E-state index contributed by atoms with van der Waals surface area (Å²) < 4.78 is 31.4. The first-order valence-corrected chi connectivity index (χ1v) is 4.63. The van der Waals surface area contributed by atoms with Gasteiger partial charge in [0.15, 0.2) is 0 Å². The third-order valence-electron chi connectivity index (χ3n) is 1.40. The Morgan fingerprint density at radius 2 is 1.69 bits per heavy atom. The van der Waals surface area contributed by atoms with Gasteiger partial charge in [-0.05, 0) is 17.7 Å². The molecule has 0 N–H and O–H groups in total. The SMILES string of the molecule is C=Cc1ccc(S(=O)(=O)[O-])cc1.[Rb+]. The van der Waals surface area contributed by atoms with Crippen molar-refractivity contribution in [3.63, 3.8) is 0 Å². The Kier molecular flexibility index (Phi) is 5.82. The average molecular weight is 269 g/mol. The maximum atomic E-state index is 10.5. The van der Waals surface area contributed by atoms with Gasteiger partial charge in [-0.15, -0.1) is 0 Å². The smallest absolute Gasteiger partial charge is 0.744 e. The molecule has 1 aromatic carbocycles. The molecule has 0 bridgehead atoms. The maximum absolute atomic E-state index is 10.5. The van der Waals surface area contributed by atoms with Gasteiger partial charge in [0.2, 0.25) is 0 Å². The van der Waals surface area contributed by atoms with Crippen molar-refractivity contribution in [1.29, 1.82) is 0 Å². The van der Waals surface area contributed by atoms with E-state index in [0.717, 1.165) is 5.56 Å². The van der Waals surface area contributed by atoms with Crippen LogP contribution in [0.4, 0.5) is 0 Å². The van der Waals surface area contributed by atoms with E-state index >= 15 is 0 Å². The minimum Gasteiger partial charge on any atom is -0.744 e. The number of rotatable bonds is 2. The fourth-order valence-corrected chi connectivity index (χ4v) is 1.24. The van der Waals surface area contributed by atoms with Crippen LogP contribution in [0.25, 0.3) is 6.08 Å². The first kappa shape index (κ1) is 13.7. The van der Waals surface area contributed by atoms with Crippen LogP contribution in [0.1, 0.15) is 5.56 Å². The zero-order chi connectivity index (χ0) is 9.19. The molecule has 1 aromatic rings. The molecule has 0 amide bonds. The van der Waals surface area contributed by atoms with Gasteiger partial charge in [0.25, 0.3) is 0 Å². The third-order valence-corrected chi connectivity index (χ3v) is 2.25. The van der Waals surface area contributed by atoms with Crippen LogP contribution < -0.4 is 58.2 Å². The average Bonchev–Trinajstić information content (AvgIpc) is 2.03. The largest absolute Gasteiger partial charge is 1.00 e. The van der Waals surface area contributed by atoms with Crippen LogP contribution in [0.15, 0.2) is 35.7 Å². The summed E-state index contributed by atoms with van der Waals surface area (Å²) >= 11 is 0. The Balaban J connectivity index is 0.00000144. The molecule has 3 nitrogen and oxygen atoms in total. The molecule has 0 aromatic heterocycles. The molecule has 0 atom stereocenters. The summed E-state index contributed by atoms with van der Waals surface area (Å²) in [6.45, 7) is 3.50. The Morgan fingerprint density at radius 3 is 2.00 bits per heavy atom. The van der Waals surface area contributed by atoms with Gasteiger partial charge in [0, 0.05) is 0 Å². The summed E-state index contributed by atoms with van der Waals surface area (Å²) in [6, 6.07) is 5.58. The van der Waals surface area contributed by atoms with E-state index in [1.807, 2.05) is 0 Å². The van der Waals surface area contributed by atoms with Gasteiger partial charge < -0.3 is 4.55 Å². The Hall–Kier alpha value is 0.675. The van der Waals surface area contributed by atoms with Crippen LogP contribution in [-0.4, -0.2) is 13.0 Å². The standard InChI is InChI=1S/C8H8O3S.Rb/c1-2-7-3-5-8(6-4-7)12(9,10)11;/h2-6H,1H2,(H,9,10,11);/q;+1/p-1.